The van der Waals surface area contributed by atoms with Gasteiger partial charge >= 0.3 is 0 Å². The van der Waals surface area contributed by atoms with Gasteiger partial charge in [-0.15, -0.1) is 0 Å². The van der Waals surface area contributed by atoms with Crippen molar-refractivity contribution in [2.75, 3.05) is 12.4 Å². The summed E-state index contributed by atoms with van der Waals surface area (Å²) in [6.07, 6.45) is 6.94. The summed E-state index contributed by atoms with van der Waals surface area (Å²) in [6.45, 7) is 0. The van der Waals surface area contributed by atoms with E-state index < -0.39 is 0 Å². The standard InChI is InChI=1S/C14H16N2/c1-15-13-8-9-16-14-11-5-3-2-4-10(11)6-7-12(13)14/h6-9H,2-5H2,1H3,(H,15,16). The molecule has 1 aromatic carbocycles. The first kappa shape index (κ1) is 9.64. The van der Waals surface area contributed by atoms with Crippen LogP contribution in [0.4, 0.5) is 5.69 Å². The summed E-state index contributed by atoms with van der Waals surface area (Å²) in [6, 6.07) is 6.52. The van der Waals surface area contributed by atoms with Crippen LogP contribution in [0.3, 0.4) is 0 Å². The van der Waals surface area contributed by atoms with Gasteiger partial charge in [0.2, 0.25) is 0 Å². The van der Waals surface area contributed by atoms with Crippen LogP contribution in [0.15, 0.2) is 24.4 Å². The minimum absolute atomic E-state index is 1.18. The Morgan fingerprint density at radius 1 is 1.12 bits per heavy atom. The molecule has 1 aromatic heterocycles. The second-order valence-corrected chi connectivity index (χ2v) is 4.42. The van der Waals surface area contributed by atoms with Gasteiger partial charge in [0.05, 0.1) is 5.52 Å². The lowest BCUT2D eigenvalue weighted by Gasteiger charge is -2.18. The van der Waals surface area contributed by atoms with E-state index in [4.69, 9.17) is 0 Å². The first-order valence-corrected chi connectivity index (χ1v) is 5.97. The zero-order valence-electron chi connectivity index (χ0n) is 9.59. The molecule has 3 rings (SSSR count). The molecule has 2 aromatic rings. The fourth-order valence-corrected chi connectivity index (χ4v) is 2.67. The van der Waals surface area contributed by atoms with E-state index in [2.05, 4.69) is 22.4 Å². The summed E-state index contributed by atoms with van der Waals surface area (Å²) < 4.78 is 0. The van der Waals surface area contributed by atoms with Crippen LogP contribution >= 0.6 is 0 Å². The zero-order valence-corrected chi connectivity index (χ0v) is 9.59. The fraction of sp³-hybridized carbons (Fsp3) is 0.357. The number of nitrogens with one attached hydrogen (secondary N) is 1. The van der Waals surface area contributed by atoms with Crippen molar-refractivity contribution in [2.24, 2.45) is 0 Å². The number of aromatic nitrogens is 1. The molecule has 0 saturated heterocycles. The van der Waals surface area contributed by atoms with E-state index in [9.17, 15) is 0 Å². The maximum Gasteiger partial charge on any atom is 0.0757 e. The van der Waals surface area contributed by atoms with Crippen molar-refractivity contribution in [3.63, 3.8) is 0 Å². The molecule has 0 atom stereocenters. The van der Waals surface area contributed by atoms with Gasteiger partial charge in [-0.05, 0) is 42.9 Å². The van der Waals surface area contributed by atoms with Crippen molar-refractivity contribution in [1.82, 2.24) is 4.98 Å². The Hall–Kier alpha value is -1.57. The van der Waals surface area contributed by atoms with E-state index in [0.29, 0.717) is 0 Å². The zero-order chi connectivity index (χ0) is 11.0. The van der Waals surface area contributed by atoms with Crippen molar-refractivity contribution in [3.8, 4) is 0 Å². The van der Waals surface area contributed by atoms with Gasteiger partial charge in [-0.2, -0.15) is 0 Å². The van der Waals surface area contributed by atoms with Crippen LogP contribution in [0.2, 0.25) is 0 Å². The minimum Gasteiger partial charge on any atom is -0.388 e. The lowest BCUT2D eigenvalue weighted by molar-refractivity contribution is 0.689. The Morgan fingerprint density at radius 2 is 2.00 bits per heavy atom. The first-order valence-electron chi connectivity index (χ1n) is 5.97. The molecule has 0 fully saturated rings. The highest BCUT2D eigenvalue weighted by molar-refractivity contribution is 5.93. The minimum atomic E-state index is 1.18. The number of fused-ring (bicyclic) bond motifs is 3. The van der Waals surface area contributed by atoms with Gasteiger partial charge in [0, 0.05) is 24.3 Å². The van der Waals surface area contributed by atoms with Crippen LogP contribution in [0.1, 0.15) is 24.0 Å². The van der Waals surface area contributed by atoms with Crippen LogP contribution in [-0.4, -0.2) is 12.0 Å². The van der Waals surface area contributed by atoms with Gasteiger partial charge in [0.1, 0.15) is 0 Å². The molecule has 0 bridgehead atoms. The van der Waals surface area contributed by atoms with Crippen molar-refractivity contribution < 1.29 is 0 Å². The summed E-state index contributed by atoms with van der Waals surface area (Å²) in [5, 5.41) is 4.49. The van der Waals surface area contributed by atoms with Gasteiger partial charge in [-0.1, -0.05) is 12.1 Å². The topological polar surface area (TPSA) is 24.9 Å². The fourth-order valence-electron chi connectivity index (χ4n) is 2.67. The summed E-state index contributed by atoms with van der Waals surface area (Å²) in [4.78, 5) is 4.56. The Bertz CT molecular complexity index is 531. The van der Waals surface area contributed by atoms with E-state index >= 15 is 0 Å². The van der Waals surface area contributed by atoms with Crippen molar-refractivity contribution >= 4 is 16.6 Å². The van der Waals surface area contributed by atoms with Gasteiger partial charge in [-0.25, -0.2) is 0 Å². The van der Waals surface area contributed by atoms with Crippen LogP contribution in [0.5, 0.6) is 0 Å². The number of rotatable bonds is 1. The second kappa shape index (κ2) is 3.78. The molecule has 0 amide bonds. The third kappa shape index (κ3) is 1.37. The summed E-state index contributed by atoms with van der Waals surface area (Å²) in [7, 11) is 1.97. The van der Waals surface area contributed by atoms with Crippen molar-refractivity contribution in [3.05, 3.63) is 35.5 Å². The second-order valence-electron chi connectivity index (χ2n) is 4.42. The molecule has 2 heteroatoms. The number of anilines is 1. The first-order chi connectivity index (χ1) is 7.90. The molecule has 1 aliphatic carbocycles. The molecule has 2 nitrogen and oxygen atoms in total. The van der Waals surface area contributed by atoms with E-state index in [0.717, 1.165) is 0 Å². The van der Waals surface area contributed by atoms with Crippen molar-refractivity contribution in [2.45, 2.75) is 25.7 Å². The predicted molar refractivity (Wildman–Crippen MR) is 67.9 cm³/mol. The number of hydrogen-bond donors (Lipinski definition) is 1. The number of nitrogens with zero attached hydrogens (tertiary/aromatic N) is 1. The molecule has 0 radical (unpaired) electrons. The number of benzene rings is 1. The highest BCUT2D eigenvalue weighted by Gasteiger charge is 2.14. The maximum absolute atomic E-state index is 4.56. The molecule has 1 aliphatic rings. The van der Waals surface area contributed by atoms with Gasteiger partial charge in [-0.3, -0.25) is 4.98 Å². The number of aryl methyl sites for hydroxylation is 2. The number of hydrogen-bond acceptors (Lipinski definition) is 2. The molecular weight excluding hydrogens is 196 g/mol. The quantitative estimate of drug-likeness (QED) is 0.785. The SMILES string of the molecule is CNc1ccnc2c3c(ccc12)CCCC3. The molecule has 0 aliphatic heterocycles. The molecule has 82 valence electrons. The Kier molecular flexibility index (Phi) is 2.28. The smallest absolute Gasteiger partial charge is 0.0757 e. The lowest BCUT2D eigenvalue weighted by Crippen LogP contribution is -2.04. The molecule has 1 N–H and O–H groups in total. The highest BCUT2D eigenvalue weighted by atomic mass is 14.8. The average Bonchev–Trinajstić information content (AvgIpc) is 2.37. The summed E-state index contributed by atoms with van der Waals surface area (Å²) in [5.74, 6) is 0. The molecule has 0 unspecified atom stereocenters. The van der Waals surface area contributed by atoms with E-state index in [1.807, 2.05) is 19.3 Å². The predicted octanol–water partition coefficient (Wildman–Crippen LogP) is 3.16. The van der Waals surface area contributed by atoms with E-state index in [1.54, 1.807) is 0 Å². The van der Waals surface area contributed by atoms with E-state index in [1.165, 1.54) is 53.4 Å². The largest absolute Gasteiger partial charge is 0.388 e. The molecule has 0 saturated carbocycles. The Morgan fingerprint density at radius 3 is 2.88 bits per heavy atom. The lowest BCUT2D eigenvalue weighted by atomic mass is 9.89. The monoisotopic (exact) mass is 212 g/mol. The van der Waals surface area contributed by atoms with Gasteiger partial charge in [0.25, 0.3) is 0 Å². The van der Waals surface area contributed by atoms with Crippen LogP contribution in [-0.2, 0) is 12.8 Å². The van der Waals surface area contributed by atoms with Crippen LogP contribution in [0, 0.1) is 0 Å². The van der Waals surface area contributed by atoms with Crippen LogP contribution < -0.4 is 5.32 Å². The Labute approximate surface area is 95.7 Å². The average molecular weight is 212 g/mol. The third-order valence-corrected chi connectivity index (χ3v) is 3.51. The normalized spacial score (nSPS) is 14.8. The third-order valence-electron chi connectivity index (χ3n) is 3.51. The molecule has 0 spiro atoms. The Balaban J connectivity index is 2.31. The molecule has 16 heavy (non-hydrogen) atoms. The summed E-state index contributed by atoms with van der Waals surface area (Å²) >= 11 is 0. The van der Waals surface area contributed by atoms with Crippen molar-refractivity contribution in [1.29, 1.82) is 0 Å². The summed E-state index contributed by atoms with van der Waals surface area (Å²) in [5.41, 5.74) is 5.35. The van der Waals surface area contributed by atoms with Gasteiger partial charge < -0.3 is 5.32 Å². The van der Waals surface area contributed by atoms with Crippen LogP contribution in [0.25, 0.3) is 10.9 Å². The molecule has 1 heterocycles. The number of pyridine rings is 1. The highest BCUT2D eigenvalue weighted by Crippen LogP contribution is 2.30. The van der Waals surface area contributed by atoms with Gasteiger partial charge in [0.15, 0.2) is 0 Å². The maximum atomic E-state index is 4.56. The molecular formula is C14H16N2. The van der Waals surface area contributed by atoms with E-state index in [-0.39, 0.29) is 0 Å².